The number of anilines is 1. The standard InChI is InChI=1S/C20H21N3O4/c1-2-22(15-7-4-3-5-8-15)11-6-12-23-18(24)16-10-9-14(19(25)26)13-17(16)21-20(23)27/h3-5,7-10,13H,2,6,11-12H2,1H3,(H,21,27)(H,25,26). The Morgan fingerprint density at radius 2 is 1.89 bits per heavy atom. The van der Waals surface area contributed by atoms with E-state index in [2.05, 4.69) is 16.8 Å². The second-order valence-electron chi connectivity index (χ2n) is 6.22. The Bertz CT molecular complexity index is 1070. The molecule has 7 nitrogen and oxygen atoms in total. The van der Waals surface area contributed by atoms with Gasteiger partial charge in [0.05, 0.1) is 16.5 Å². The van der Waals surface area contributed by atoms with E-state index in [1.165, 1.54) is 22.8 Å². The molecule has 3 rings (SSSR count). The first-order chi connectivity index (χ1) is 13.0. The summed E-state index contributed by atoms with van der Waals surface area (Å²) < 4.78 is 1.17. The lowest BCUT2D eigenvalue weighted by Gasteiger charge is -2.23. The van der Waals surface area contributed by atoms with Gasteiger partial charge in [-0.1, -0.05) is 18.2 Å². The zero-order valence-electron chi connectivity index (χ0n) is 15.0. The first-order valence-corrected chi connectivity index (χ1v) is 8.81. The van der Waals surface area contributed by atoms with E-state index in [-0.39, 0.29) is 17.6 Å². The number of aromatic carboxylic acids is 1. The van der Waals surface area contributed by atoms with Crippen molar-refractivity contribution < 1.29 is 9.90 Å². The number of para-hydroxylation sites is 1. The first kappa shape index (κ1) is 18.4. The minimum atomic E-state index is -1.11. The summed E-state index contributed by atoms with van der Waals surface area (Å²) in [7, 11) is 0. The van der Waals surface area contributed by atoms with E-state index in [1.54, 1.807) is 0 Å². The number of hydrogen-bond donors (Lipinski definition) is 2. The van der Waals surface area contributed by atoms with Crippen LogP contribution in [-0.2, 0) is 6.54 Å². The number of carbonyl (C=O) groups is 1. The van der Waals surface area contributed by atoms with Crippen molar-refractivity contribution in [2.24, 2.45) is 0 Å². The van der Waals surface area contributed by atoms with Gasteiger partial charge >= 0.3 is 11.7 Å². The quantitative estimate of drug-likeness (QED) is 0.668. The number of aromatic amines is 1. The molecular formula is C20H21N3O4. The van der Waals surface area contributed by atoms with Crippen LogP contribution in [-0.4, -0.2) is 33.7 Å². The van der Waals surface area contributed by atoms with E-state index in [0.717, 1.165) is 12.2 Å². The average molecular weight is 367 g/mol. The maximum atomic E-state index is 12.6. The predicted octanol–water partition coefficient (Wildman–Crippen LogP) is 2.30. The second kappa shape index (κ2) is 7.90. The van der Waals surface area contributed by atoms with Crippen LogP contribution in [0.5, 0.6) is 0 Å². The van der Waals surface area contributed by atoms with Gasteiger partial charge in [-0.15, -0.1) is 0 Å². The third-order valence-electron chi connectivity index (χ3n) is 4.54. The number of carboxylic acid groups (broad SMARTS) is 1. The van der Waals surface area contributed by atoms with Crippen molar-refractivity contribution >= 4 is 22.6 Å². The van der Waals surface area contributed by atoms with E-state index < -0.39 is 17.2 Å². The largest absolute Gasteiger partial charge is 0.478 e. The van der Waals surface area contributed by atoms with E-state index in [9.17, 15) is 14.4 Å². The van der Waals surface area contributed by atoms with E-state index in [0.29, 0.717) is 18.4 Å². The maximum absolute atomic E-state index is 12.6. The Morgan fingerprint density at radius 1 is 1.15 bits per heavy atom. The minimum Gasteiger partial charge on any atom is -0.478 e. The number of H-pyrrole nitrogens is 1. The van der Waals surface area contributed by atoms with E-state index in [4.69, 9.17) is 5.11 Å². The molecule has 27 heavy (non-hydrogen) atoms. The first-order valence-electron chi connectivity index (χ1n) is 8.81. The molecule has 0 fully saturated rings. The van der Waals surface area contributed by atoms with Crippen LogP contribution in [0.15, 0.2) is 58.1 Å². The number of benzene rings is 2. The fourth-order valence-electron chi connectivity index (χ4n) is 3.12. The topological polar surface area (TPSA) is 95.4 Å². The average Bonchev–Trinajstić information content (AvgIpc) is 2.67. The van der Waals surface area contributed by atoms with Gasteiger partial charge in [0.25, 0.3) is 5.56 Å². The molecule has 0 bridgehead atoms. The van der Waals surface area contributed by atoms with Gasteiger partial charge in [-0.3, -0.25) is 9.36 Å². The van der Waals surface area contributed by atoms with Crippen molar-refractivity contribution in [3.8, 4) is 0 Å². The number of nitrogens with zero attached hydrogens (tertiary/aromatic N) is 2. The van der Waals surface area contributed by atoms with Crippen LogP contribution in [0.2, 0.25) is 0 Å². The number of rotatable bonds is 7. The van der Waals surface area contributed by atoms with Gasteiger partial charge in [0.15, 0.2) is 0 Å². The summed E-state index contributed by atoms with van der Waals surface area (Å²) in [5.74, 6) is -1.11. The van der Waals surface area contributed by atoms with Gasteiger partial charge in [0, 0.05) is 25.3 Å². The van der Waals surface area contributed by atoms with Crippen molar-refractivity contribution in [2.75, 3.05) is 18.0 Å². The summed E-state index contributed by atoms with van der Waals surface area (Å²) in [4.78, 5) is 40.8. The van der Waals surface area contributed by atoms with Crippen molar-refractivity contribution in [3.05, 3.63) is 74.9 Å². The molecule has 0 saturated carbocycles. The summed E-state index contributed by atoms with van der Waals surface area (Å²) >= 11 is 0. The fraction of sp³-hybridized carbons (Fsp3) is 0.250. The lowest BCUT2D eigenvalue weighted by Crippen LogP contribution is -2.36. The number of fused-ring (bicyclic) bond motifs is 1. The van der Waals surface area contributed by atoms with Gasteiger partial charge < -0.3 is 15.0 Å². The van der Waals surface area contributed by atoms with Crippen molar-refractivity contribution in [1.82, 2.24) is 9.55 Å². The van der Waals surface area contributed by atoms with Crippen LogP contribution in [0.1, 0.15) is 23.7 Å². The zero-order chi connectivity index (χ0) is 19.4. The molecule has 0 radical (unpaired) electrons. The lowest BCUT2D eigenvalue weighted by molar-refractivity contribution is 0.0697. The smallest absolute Gasteiger partial charge is 0.335 e. The molecule has 0 aliphatic carbocycles. The van der Waals surface area contributed by atoms with Crippen LogP contribution in [0.4, 0.5) is 5.69 Å². The Kier molecular flexibility index (Phi) is 5.40. The highest BCUT2D eigenvalue weighted by molar-refractivity contribution is 5.92. The molecule has 1 aromatic heterocycles. The molecule has 0 aliphatic rings. The number of aromatic nitrogens is 2. The van der Waals surface area contributed by atoms with Gasteiger partial charge in [-0.05, 0) is 43.7 Å². The summed E-state index contributed by atoms with van der Waals surface area (Å²) in [5.41, 5.74) is 0.421. The van der Waals surface area contributed by atoms with Crippen molar-refractivity contribution in [3.63, 3.8) is 0 Å². The van der Waals surface area contributed by atoms with Crippen LogP contribution in [0.3, 0.4) is 0 Å². The Hall–Kier alpha value is -3.35. The highest BCUT2D eigenvalue weighted by atomic mass is 16.4. The maximum Gasteiger partial charge on any atom is 0.335 e. The fourth-order valence-corrected chi connectivity index (χ4v) is 3.12. The van der Waals surface area contributed by atoms with Crippen LogP contribution in [0, 0.1) is 0 Å². The molecule has 0 unspecified atom stereocenters. The summed E-state index contributed by atoms with van der Waals surface area (Å²) in [5, 5.41) is 9.34. The Labute approximate surface area is 155 Å². The molecule has 0 spiro atoms. The van der Waals surface area contributed by atoms with Gasteiger partial charge in [0.1, 0.15) is 0 Å². The third kappa shape index (κ3) is 3.92. The molecule has 140 valence electrons. The van der Waals surface area contributed by atoms with Gasteiger partial charge in [0.2, 0.25) is 0 Å². The van der Waals surface area contributed by atoms with Gasteiger partial charge in [-0.2, -0.15) is 0 Å². The number of hydrogen-bond acceptors (Lipinski definition) is 4. The van der Waals surface area contributed by atoms with Crippen LogP contribution in [0.25, 0.3) is 10.9 Å². The predicted molar refractivity (Wildman–Crippen MR) is 105 cm³/mol. The van der Waals surface area contributed by atoms with Crippen molar-refractivity contribution in [1.29, 1.82) is 0 Å². The second-order valence-corrected chi connectivity index (χ2v) is 6.22. The number of carboxylic acids is 1. The summed E-state index contributed by atoms with van der Waals surface area (Å²) in [6.45, 7) is 3.88. The third-order valence-corrected chi connectivity index (χ3v) is 4.54. The molecule has 0 aliphatic heterocycles. The monoisotopic (exact) mass is 367 g/mol. The molecule has 0 saturated heterocycles. The Morgan fingerprint density at radius 3 is 2.56 bits per heavy atom. The molecule has 2 aromatic carbocycles. The summed E-state index contributed by atoms with van der Waals surface area (Å²) in [6.07, 6.45) is 0.629. The molecule has 3 aromatic rings. The van der Waals surface area contributed by atoms with Crippen LogP contribution >= 0.6 is 0 Å². The molecular weight excluding hydrogens is 346 g/mol. The highest BCUT2D eigenvalue weighted by Crippen LogP contribution is 2.13. The molecule has 1 heterocycles. The van der Waals surface area contributed by atoms with Crippen LogP contribution < -0.4 is 16.1 Å². The highest BCUT2D eigenvalue weighted by Gasteiger charge is 2.11. The lowest BCUT2D eigenvalue weighted by atomic mass is 10.1. The van der Waals surface area contributed by atoms with E-state index >= 15 is 0 Å². The molecule has 2 N–H and O–H groups in total. The molecule has 0 amide bonds. The zero-order valence-corrected chi connectivity index (χ0v) is 15.0. The number of nitrogens with one attached hydrogen (secondary N) is 1. The molecule has 0 atom stereocenters. The minimum absolute atomic E-state index is 0.0248. The Balaban J connectivity index is 1.81. The van der Waals surface area contributed by atoms with E-state index in [1.807, 2.05) is 30.3 Å². The van der Waals surface area contributed by atoms with Gasteiger partial charge in [-0.25, -0.2) is 9.59 Å². The van der Waals surface area contributed by atoms with Crippen molar-refractivity contribution in [2.45, 2.75) is 19.9 Å². The summed E-state index contributed by atoms with van der Waals surface area (Å²) in [6, 6.07) is 14.1. The normalized spacial score (nSPS) is 10.9. The SMILES string of the molecule is CCN(CCCn1c(=O)[nH]c2cc(C(=O)O)ccc2c1=O)c1ccccc1. The molecule has 7 heteroatoms.